The highest BCUT2D eigenvalue weighted by Crippen LogP contribution is 2.33. The fraction of sp³-hybridized carbons (Fsp3) is 0.650. The molecule has 0 aliphatic carbocycles. The van der Waals surface area contributed by atoms with Crippen molar-refractivity contribution in [1.29, 1.82) is 0 Å². The molecule has 1 aromatic rings. The van der Waals surface area contributed by atoms with Crippen molar-refractivity contribution in [2.24, 2.45) is 0 Å². The highest BCUT2D eigenvalue weighted by Gasteiger charge is 2.31. The Balaban J connectivity index is 1.72. The number of hydrogen-bond donors (Lipinski definition) is 1. The zero-order valence-electron chi connectivity index (χ0n) is 15.3. The molecule has 0 unspecified atom stereocenters. The molecular weight excluding hydrogens is 350 g/mol. The maximum atomic E-state index is 13.0. The second-order valence-corrected chi connectivity index (χ2v) is 7.77. The first-order valence-corrected chi connectivity index (χ1v) is 10.6. The molecule has 26 heavy (non-hydrogen) atoms. The molecular formula is C20H29NO4S. The fourth-order valence-electron chi connectivity index (χ4n) is 3.51. The van der Waals surface area contributed by atoms with Crippen molar-refractivity contribution in [2.45, 2.75) is 57.2 Å². The van der Waals surface area contributed by atoms with Gasteiger partial charge in [-0.05, 0) is 47.7 Å². The number of amides is 1. The number of ether oxygens (including phenoxy) is 2. The number of rotatable bonds is 6. The Morgan fingerprint density at radius 3 is 2.73 bits per heavy atom. The van der Waals surface area contributed by atoms with Gasteiger partial charge in [0.1, 0.15) is 0 Å². The molecule has 0 aromatic carbocycles. The Morgan fingerprint density at radius 1 is 1.27 bits per heavy atom. The molecule has 0 bridgehead atoms. The van der Waals surface area contributed by atoms with Gasteiger partial charge in [0.15, 0.2) is 5.76 Å². The molecule has 0 spiro atoms. The zero-order valence-corrected chi connectivity index (χ0v) is 16.1. The van der Waals surface area contributed by atoms with Crippen LogP contribution >= 0.6 is 11.3 Å². The smallest absolute Gasteiger partial charge is 0.288 e. The molecule has 5 nitrogen and oxygen atoms in total. The van der Waals surface area contributed by atoms with E-state index in [2.05, 4.69) is 16.8 Å². The third kappa shape index (κ3) is 5.32. The molecule has 2 aliphatic rings. The summed E-state index contributed by atoms with van der Waals surface area (Å²) in [6, 6.07) is 2.10. The Labute approximate surface area is 159 Å². The maximum absolute atomic E-state index is 13.0. The summed E-state index contributed by atoms with van der Waals surface area (Å²) in [7, 11) is 0. The van der Waals surface area contributed by atoms with Crippen LogP contribution in [0.25, 0.3) is 0 Å². The minimum atomic E-state index is -0.440. The van der Waals surface area contributed by atoms with E-state index >= 15 is 0 Å². The topological polar surface area (TPSA) is 59.0 Å². The second kappa shape index (κ2) is 10.1. The van der Waals surface area contributed by atoms with Gasteiger partial charge in [0.05, 0.1) is 6.61 Å². The van der Waals surface area contributed by atoms with Crippen molar-refractivity contribution < 1.29 is 19.4 Å². The van der Waals surface area contributed by atoms with Crippen LogP contribution in [-0.2, 0) is 14.3 Å². The standard InChI is InChI=1S/C20H29NO4S/c22-10-6-11-24-19-14-17(16-7-12-26-15-16)13-18(25-19)20(23)21-8-4-2-1-3-5-9-21/h7,12-13,15,17,19,22H,1-6,8-11,14H2/t17-,19+/m1/s1. The van der Waals surface area contributed by atoms with Gasteiger partial charge in [-0.3, -0.25) is 4.79 Å². The average Bonchev–Trinajstić information content (AvgIpc) is 3.16. The normalized spacial score (nSPS) is 24.3. The van der Waals surface area contributed by atoms with E-state index in [0.29, 0.717) is 25.2 Å². The molecule has 3 heterocycles. The van der Waals surface area contributed by atoms with Gasteiger partial charge in [-0.25, -0.2) is 0 Å². The second-order valence-electron chi connectivity index (χ2n) is 6.99. The van der Waals surface area contributed by atoms with Gasteiger partial charge in [-0.1, -0.05) is 19.3 Å². The molecule has 1 aromatic heterocycles. The van der Waals surface area contributed by atoms with Crippen molar-refractivity contribution in [1.82, 2.24) is 4.90 Å². The van der Waals surface area contributed by atoms with Gasteiger partial charge < -0.3 is 19.5 Å². The Bertz CT molecular complexity index is 579. The van der Waals surface area contributed by atoms with Crippen LogP contribution in [-0.4, -0.2) is 48.5 Å². The van der Waals surface area contributed by atoms with Crippen molar-refractivity contribution in [3.8, 4) is 0 Å². The summed E-state index contributed by atoms with van der Waals surface area (Å²) >= 11 is 1.66. The number of carbonyl (C=O) groups excluding carboxylic acids is 1. The van der Waals surface area contributed by atoms with Gasteiger partial charge in [-0.2, -0.15) is 11.3 Å². The minimum Gasteiger partial charge on any atom is -0.459 e. The molecule has 6 heteroatoms. The first kappa shape index (κ1) is 19.4. The summed E-state index contributed by atoms with van der Waals surface area (Å²) in [6.45, 7) is 2.14. The Kier molecular flexibility index (Phi) is 7.53. The van der Waals surface area contributed by atoms with E-state index in [4.69, 9.17) is 14.6 Å². The predicted octanol–water partition coefficient (Wildman–Crippen LogP) is 3.65. The summed E-state index contributed by atoms with van der Waals surface area (Å²) in [4.78, 5) is 15.0. The molecule has 1 fully saturated rings. The van der Waals surface area contributed by atoms with Crippen molar-refractivity contribution in [3.05, 3.63) is 34.2 Å². The number of thiophene rings is 1. The predicted molar refractivity (Wildman–Crippen MR) is 102 cm³/mol. The Morgan fingerprint density at radius 2 is 2.04 bits per heavy atom. The highest BCUT2D eigenvalue weighted by atomic mass is 32.1. The van der Waals surface area contributed by atoms with Crippen LogP contribution in [0.1, 0.15) is 56.4 Å². The molecule has 1 saturated heterocycles. The first-order valence-electron chi connectivity index (χ1n) is 9.70. The van der Waals surface area contributed by atoms with Crippen LogP contribution in [0, 0.1) is 0 Å². The van der Waals surface area contributed by atoms with Crippen LogP contribution in [0.15, 0.2) is 28.7 Å². The highest BCUT2D eigenvalue weighted by molar-refractivity contribution is 7.08. The number of carbonyl (C=O) groups is 1. The molecule has 0 radical (unpaired) electrons. The monoisotopic (exact) mass is 379 g/mol. The third-order valence-corrected chi connectivity index (χ3v) is 5.69. The van der Waals surface area contributed by atoms with Gasteiger partial charge in [0.2, 0.25) is 6.29 Å². The minimum absolute atomic E-state index is 0.0115. The van der Waals surface area contributed by atoms with Crippen molar-refractivity contribution in [2.75, 3.05) is 26.3 Å². The molecule has 3 rings (SSSR count). The SMILES string of the molecule is O=C(C1=C[C@@H](c2ccsc2)C[C@@H](OCCCO)O1)N1CCCCCCC1. The van der Waals surface area contributed by atoms with Gasteiger partial charge in [0.25, 0.3) is 5.91 Å². The van der Waals surface area contributed by atoms with E-state index in [1.165, 1.54) is 24.8 Å². The van der Waals surface area contributed by atoms with E-state index in [1.807, 2.05) is 11.0 Å². The van der Waals surface area contributed by atoms with Gasteiger partial charge in [0, 0.05) is 32.0 Å². The van der Waals surface area contributed by atoms with E-state index in [1.54, 1.807) is 11.3 Å². The van der Waals surface area contributed by atoms with Crippen LogP contribution in [0.5, 0.6) is 0 Å². The quantitative estimate of drug-likeness (QED) is 0.767. The van der Waals surface area contributed by atoms with Gasteiger partial charge in [-0.15, -0.1) is 0 Å². The summed E-state index contributed by atoms with van der Waals surface area (Å²) in [5.41, 5.74) is 1.20. The molecule has 0 saturated carbocycles. The van der Waals surface area contributed by atoms with Crippen LogP contribution in [0.2, 0.25) is 0 Å². The number of allylic oxidation sites excluding steroid dienone is 1. The van der Waals surface area contributed by atoms with Crippen LogP contribution in [0.4, 0.5) is 0 Å². The van der Waals surface area contributed by atoms with E-state index in [0.717, 1.165) is 25.9 Å². The molecule has 144 valence electrons. The molecule has 2 aliphatic heterocycles. The lowest BCUT2D eigenvalue weighted by molar-refractivity contribution is -0.153. The maximum Gasteiger partial charge on any atom is 0.288 e. The fourth-order valence-corrected chi connectivity index (χ4v) is 4.24. The molecule has 2 atom stereocenters. The van der Waals surface area contributed by atoms with Crippen molar-refractivity contribution in [3.63, 3.8) is 0 Å². The number of hydrogen-bond acceptors (Lipinski definition) is 5. The summed E-state index contributed by atoms with van der Waals surface area (Å²) in [5.74, 6) is 0.535. The largest absolute Gasteiger partial charge is 0.459 e. The first-order chi connectivity index (χ1) is 12.8. The molecule has 1 amide bonds. The lowest BCUT2D eigenvalue weighted by Gasteiger charge is -2.32. The molecule has 1 N–H and O–H groups in total. The lowest BCUT2D eigenvalue weighted by atomic mass is 9.95. The van der Waals surface area contributed by atoms with Crippen LogP contribution in [0.3, 0.4) is 0 Å². The number of likely N-dealkylation sites (tertiary alicyclic amines) is 1. The van der Waals surface area contributed by atoms with Gasteiger partial charge >= 0.3 is 0 Å². The third-order valence-electron chi connectivity index (χ3n) is 4.99. The number of aliphatic hydroxyl groups is 1. The zero-order chi connectivity index (χ0) is 18.2. The Hall–Kier alpha value is -1.37. The summed E-state index contributed by atoms with van der Waals surface area (Å²) < 4.78 is 11.7. The lowest BCUT2D eigenvalue weighted by Crippen LogP contribution is -2.38. The van der Waals surface area contributed by atoms with E-state index in [-0.39, 0.29) is 18.4 Å². The average molecular weight is 380 g/mol. The summed E-state index contributed by atoms with van der Waals surface area (Å²) in [5, 5.41) is 13.1. The van der Waals surface area contributed by atoms with Crippen LogP contribution < -0.4 is 0 Å². The number of aliphatic hydroxyl groups excluding tert-OH is 1. The summed E-state index contributed by atoms with van der Waals surface area (Å²) in [6.07, 6.45) is 8.55. The van der Waals surface area contributed by atoms with E-state index < -0.39 is 6.29 Å². The number of nitrogens with zero attached hydrogens (tertiary/aromatic N) is 1. The van der Waals surface area contributed by atoms with E-state index in [9.17, 15) is 4.79 Å². The van der Waals surface area contributed by atoms with Crippen molar-refractivity contribution >= 4 is 17.2 Å².